The van der Waals surface area contributed by atoms with Gasteiger partial charge in [0.25, 0.3) is 6.71 Å². The third-order valence-electron chi connectivity index (χ3n) is 17.9. The average Bonchev–Trinajstić information content (AvgIpc) is 3.44. The SMILES string of the molecule is CC(C)(C)c1ccc(N2c3ccc([Si](C)(C)C)cc3B3c4cccc5c4N(c4cc(N6c7ccc(C(C)(C)C)cc7C7(C)CCCCC67C)cc2c43)C2CCCCC2C5(C)C)cc1. The van der Waals surface area contributed by atoms with Crippen LogP contribution in [0.5, 0.6) is 0 Å². The highest BCUT2D eigenvalue weighted by atomic mass is 28.3. The number of anilines is 7. The predicted molar refractivity (Wildman–Crippen MR) is 276 cm³/mol. The van der Waals surface area contributed by atoms with Crippen molar-refractivity contribution in [2.45, 2.75) is 173 Å². The van der Waals surface area contributed by atoms with Crippen LogP contribution in [0, 0.1) is 5.92 Å². The van der Waals surface area contributed by atoms with Gasteiger partial charge in [-0.15, -0.1) is 0 Å². The highest BCUT2D eigenvalue weighted by molar-refractivity contribution is 7.01. The molecule has 5 aromatic rings. The molecule has 4 heterocycles. The van der Waals surface area contributed by atoms with E-state index in [1.165, 1.54) is 119 Å². The van der Waals surface area contributed by atoms with Crippen LogP contribution in [-0.2, 0) is 21.7 Å². The zero-order valence-corrected chi connectivity index (χ0v) is 41.9. The fourth-order valence-electron chi connectivity index (χ4n) is 14.0. The summed E-state index contributed by atoms with van der Waals surface area (Å²) in [5, 5.41) is 1.54. The molecule has 0 spiro atoms. The van der Waals surface area contributed by atoms with Crippen molar-refractivity contribution in [3.05, 3.63) is 113 Å². The Kier molecular flexibility index (Phi) is 8.84. The zero-order chi connectivity index (χ0) is 44.4. The normalized spacial score (nSPS) is 25.5. The van der Waals surface area contributed by atoms with Gasteiger partial charge in [0.15, 0.2) is 0 Å². The number of fused-ring (bicyclic) bond motifs is 9. The highest BCUT2D eigenvalue weighted by Crippen LogP contribution is 2.63. The van der Waals surface area contributed by atoms with Crippen molar-refractivity contribution < 1.29 is 0 Å². The maximum Gasteiger partial charge on any atom is 0.252 e. The summed E-state index contributed by atoms with van der Waals surface area (Å²) < 4.78 is 0. The lowest BCUT2D eigenvalue weighted by molar-refractivity contribution is 0.190. The fraction of sp³-hybridized carbons (Fsp3) is 0.483. The second-order valence-corrected chi connectivity index (χ2v) is 30.0. The van der Waals surface area contributed by atoms with E-state index in [4.69, 9.17) is 0 Å². The van der Waals surface area contributed by atoms with Crippen LogP contribution in [0.4, 0.5) is 39.8 Å². The van der Waals surface area contributed by atoms with E-state index in [2.05, 4.69) is 195 Å². The van der Waals surface area contributed by atoms with Crippen LogP contribution in [0.1, 0.15) is 143 Å². The molecule has 2 fully saturated rings. The predicted octanol–water partition coefficient (Wildman–Crippen LogP) is 13.2. The summed E-state index contributed by atoms with van der Waals surface area (Å²) in [5.74, 6) is 0.600. The Morgan fingerprint density at radius 1 is 0.603 bits per heavy atom. The molecular formula is C58H72BN3Si. The fourth-order valence-corrected chi connectivity index (χ4v) is 15.2. The monoisotopic (exact) mass is 850 g/mol. The number of rotatable bonds is 3. The quantitative estimate of drug-likeness (QED) is 0.164. The number of benzene rings is 5. The number of nitrogens with zero attached hydrogens (tertiary/aromatic N) is 3. The van der Waals surface area contributed by atoms with E-state index in [0.717, 1.165) is 0 Å². The first-order chi connectivity index (χ1) is 29.6. The summed E-state index contributed by atoms with van der Waals surface area (Å²) in [7, 11) is -1.65. The summed E-state index contributed by atoms with van der Waals surface area (Å²) >= 11 is 0. The molecule has 4 atom stereocenters. The van der Waals surface area contributed by atoms with Crippen LogP contribution < -0.4 is 36.3 Å². The molecule has 2 saturated carbocycles. The summed E-state index contributed by atoms with van der Waals surface area (Å²) in [6.07, 6.45) is 10.1. The minimum Gasteiger partial charge on any atom is -0.339 e. The molecule has 5 aromatic carbocycles. The van der Waals surface area contributed by atoms with E-state index in [9.17, 15) is 0 Å². The van der Waals surface area contributed by atoms with Gasteiger partial charge in [-0.05, 0) is 130 Å². The van der Waals surface area contributed by atoms with Gasteiger partial charge in [-0.2, -0.15) is 0 Å². The van der Waals surface area contributed by atoms with Crippen molar-refractivity contribution in [1.29, 1.82) is 0 Å². The van der Waals surface area contributed by atoms with Crippen LogP contribution in [0.15, 0.2) is 91.0 Å². The van der Waals surface area contributed by atoms with Gasteiger partial charge in [0.1, 0.15) is 0 Å². The third-order valence-corrected chi connectivity index (χ3v) is 19.9. The highest BCUT2D eigenvalue weighted by Gasteiger charge is 2.59. The minimum atomic E-state index is -1.65. The van der Waals surface area contributed by atoms with Crippen molar-refractivity contribution in [2.24, 2.45) is 5.92 Å². The van der Waals surface area contributed by atoms with Gasteiger partial charge in [0, 0.05) is 51.3 Å². The molecule has 6 aliphatic rings. The molecule has 4 aliphatic heterocycles. The van der Waals surface area contributed by atoms with Crippen molar-refractivity contribution in [3.63, 3.8) is 0 Å². The van der Waals surface area contributed by atoms with Gasteiger partial charge >= 0.3 is 0 Å². The second kappa shape index (κ2) is 13.4. The van der Waals surface area contributed by atoms with Crippen LogP contribution >= 0.6 is 0 Å². The Morgan fingerprint density at radius 2 is 1.27 bits per heavy atom. The molecule has 5 heteroatoms. The Hall–Kier alpha value is -4.22. The molecule has 326 valence electrons. The zero-order valence-electron chi connectivity index (χ0n) is 40.9. The number of hydrogen-bond acceptors (Lipinski definition) is 3. The number of para-hydroxylation sites is 1. The molecule has 0 N–H and O–H groups in total. The standard InChI is InChI=1S/C58H72BN3Si/c1-54(2,3)37-23-26-39(27-24-37)60-49-30-28-41(63(11,12)13)36-46(49)59-45-21-18-20-43-53(45)61(47-22-15-14-19-42(47)56(43,7)8)51-35-40(34-50(60)52(51)59)62-48-29-25-38(55(4,5)6)33-44(48)57(9)31-16-17-32-58(57,62)10/h18,20-21,23-30,33-36,42,47H,14-17,19,22,31-32H2,1-13H3. The first-order valence-corrected chi connectivity index (χ1v) is 28.3. The van der Waals surface area contributed by atoms with Gasteiger partial charge in [-0.3, -0.25) is 0 Å². The largest absolute Gasteiger partial charge is 0.339 e. The summed E-state index contributed by atoms with van der Waals surface area (Å²) in [6.45, 7) is 32.3. The first kappa shape index (κ1) is 41.5. The molecule has 4 unspecified atom stereocenters. The van der Waals surface area contributed by atoms with Crippen LogP contribution in [0.2, 0.25) is 19.6 Å². The van der Waals surface area contributed by atoms with Crippen molar-refractivity contribution in [1.82, 2.24) is 0 Å². The van der Waals surface area contributed by atoms with E-state index >= 15 is 0 Å². The first-order valence-electron chi connectivity index (χ1n) is 24.8. The van der Waals surface area contributed by atoms with E-state index in [-0.39, 0.29) is 33.9 Å². The molecule has 0 aromatic heterocycles. The third kappa shape index (κ3) is 5.75. The van der Waals surface area contributed by atoms with Gasteiger partial charge in [-0.25, -0.2) is 0 Å². The topological polar surface area (TPSA) is 9.72 Å². The Labute approximate surface area is 381 Å². The molecule has 63 heavy (non-hydrogen) atoms. The smallest absolute Gasteiger partial charge is 0.252 e. The lowest BCUT2D eigenvalue weighted by atomic mass is 9.32. The van der Waals surface area contributed by atoms with E-state index in [1.807, 2.05) is 0 Å². The molecule has 0 amide bonds. The molecule has 0 bridgehead atoms. The molecule has 0 saturated heterocycles. The lowest BCUT2D eigenvalue weighted by Gasteiger charge is -2.57. The van der Waals surface area contributed by atoms with E-state index in [0.29, 0.717) is 12.0 Å². The van der Waals surface area contributed by atoms with Gasteiger partial charge in [0.2, 0.25) is 0 Å². The maximum absolute atomic E-state index is 2.95. The van der Waals surface area contributed by atoms with Crippen LogP contribution in [0.25, 0.3) is 0 Å². The van der Waals surface area contributed by atoms with Crippen molar-refractivity contribution in [2.75, 3.05) is 14.7 Å². The van der Waals surface area contributed by atoms with E-state index in [1.54, 1.807) is 16.3 Å². The number of hydrogen-bond donors (Lipinski definition) is 0. The molecule has 2 aliphatic carbocycles. The van der Waals surface area contributed by atoms with Gasteiger partial charge in [0.05, 0.1) is 13.6 Å². The Morgan fingerprint density at radius 3 is 1.98 bits per heavy atom. The van der Waals surface area contributed by atoms with Crippen molar-refractivity contribution >= 4 is 76.2 Å². The Balaban J connectivity index is 1.25. The lowest BCUT2D eigenvalue weighted by Crippen LogP contribution is -2.66. The van der Waals surface area contributed by atoms with Gasteiger partial charge < -0.3 is 14.7 Å². The summed E-state index contributed by atoms with van der Waals surface area (Å²) in [4.78, 5) is 8.52. The average molecular weight is 850 g/mol. The molecule has 3 nitrogen and oxygen atoms in total. The van der Waals surface area contributed by atoms with Crippen LogP contribution in [0.3, 0.4) is 0 Å². The molecule has 11 rings (SSSR count). The maximum atomic E-state index is 2.95. The summed E-state index contributed by atoms with van der Waals surface area (Å²) in [5.41, 5.74) is 20.4. The second-order valence-electron chi connectivity index (χ2n) is 24.9. The minimum absolute atomic E-state index is 0.0449. The van der Waals surface area contributed by atoms with Crippen LogP contribution in [-0.4, -0.2) is 26.4 Å². The van der Waals surface area contributed by atoms with Gasteiger partial charge in [-0.1, -0.05) is 167 Å². The summed E-state index contributed by atoms with van der Waals surface area (Å²) in [6, 6.07) is 38.2. The van der Waals surface area contributed by atoms with E-state index < -0.39 is 8.07 Å². The molecular weight excluding hydrogens is 778 g/mol. The Bertz CT molecular complexity index is 2690. The van der Waals surface area contributed by atoms with Crippen molar-refractivity contribution in [3.8, 4) is 0 Å². The molecule has 0 radical (unpaired) electrons.